The molecule has 0 saturated heterocycles. The molecule has 0 spiro atoms. The fourth-order valence-corrected chi connectivity index (χ4v) is 1.33. The van der Waals surface area contributed by atoms with E-state index in [0.29, 0.717) is 5.52 Å². The molecule has 0 aliphatic carbocycles. The number of fused-ring (bicyclic) bond motifs is 1. The van der Waals surface area contributed by atoms with Gasteiger partial charge in [-0.15, -0.1) is 0 Å². The lowest BCUT2D eigenvalue weighted by Crippen LogP contribution is -2.23. The molecular weight excluding hydrogens is 269 g/mol. The molecule has 1 aromatic carbocycles. The Morgan fingerprint density at radius 3 is 2.84 bits per heavy atom. The second-order valence-corrected chi connectivity index (χ2v) is 3.54. The van der Waals surface area contributed by atoms with Gasteiger partial charge in [-0.3, -0.25) is 10.3 Å². The number of hydrogen-bond acceptors (Lipinski definition) is 4. The summed E-state index contributed by atoms with van der Waals surface area (Å²) in [6, 6.07) is 4.07. The van der Waals surface area contributed by atoms with Crippen molar-refractivity contribution in [2.45, 2.75) is 6.18 Å². The number of aromatic nitrogens is 1. The van der Waals surface area contributed by atoms with Crippen molar-refractivity contribution in [1.29, 1.82) is 0 Å². The first-order chi connectivity index (χ1) is 8.83. The third kappa shape index (κ3) is 3.50. The molecule has 19 heavy (non-hydrogen) atoms. The van der Waals surface area contributed by atoms with Crippen LogP contribution in [0.2, 0.25) is 0 Å². The number of rotatable bonds is 2. The van der Waals surface area contributed by atoms with Gasteiger partial charge in [-0.05, 0) is 18.2 Å². The Hall–Kier alpha value is -2.45. The number of ether oxygens (including phenoxy) is 1. The van der Waals surface area contributed by atoms with Gasteiger partial charge in [0.2, 0.25) is 0 Å². The first-order valence-electron chi connectivity index (χ1n) is 4.97. The van der Waals surface area contributed by atoms with E-state index in [0.717, 1.165) is 0 Å². The Labute approximate surface area is 103 Å². The summed E-state index contributed by atoms with van der Waals surface area (Å²) in [5.74, 6) is -0.674. The van der Waals surface area contributed by atoms with Crippen LogP contribution in [0.15, 0.2) is 27.4 Å². The van der Waals surface area contributed by atoms with Crippen molar-refractivity contribution < 1.29 is 27.1 Å². The summed E-state index contributed by atoms with van der Waals surface area (Å²) in [6.07, 6.45) is -5.83. The predicted octanol–water partition coefficient (Wildman–Crippen LogP) is 2.23. The Bertz CT molecular complexity index is 659. The molecule has 0 aliphatic heterocycles. The minimum atomic E-state index is -4.59. The van der Waals surface area contributed by atoms with Gasteiger partial charge in [0.25, 0.3) is 0 Å². The first kappa shape index (κ1) is 13.0. The monoisotopic (exact) mass is 276 g/mol. The van der Waals surface area contributed by atoms with Crippen molar-refractivity contribution >= 4 is 22.9 Å². The van der Waals surface area contributed by atoms with Crippen molar-refractivity contribution in [3.63, 3.8) is 0 Å². The molecule has 0 radical (unpaired) electrons. The molecule has 0 bridgehead atoms. The third-order valence-electron chi connectivity index (χ3n) is 2.03. The molecule has 0 atom stereocenters. The average molecular weight is 276 g/mol. The third-order valence-corrected chi connectivity index (χ3v) is 2.03. The largest absolute Gasteiger partial charge is 0.440 e. The second kappa shape index (κ2) is 4.67. The minimum absolute atomic E-state index is 0.164. The van der Waals surface area contributed by atoms with Gasteiger partial charge in [-0.2, -0.15) is 13.2 Å². The van der Waals surface area contributed by atoms with E-state index in [-0.39, 0.29) is 11.3 Å². The highest BCUT2D eigenvalue weighted by Crippen LogP contribution is 2.17. The van der Waals surface area contributed by atoms with Crippen molar-refractivity contribution in [3.05, 3.63) is 28.7 Å². The number of alkyl halides is 3. The molecule has 0 saturated carbocycles. The van der Waals surface area contributed by atoms with Crippen LogP contribution in [0.4, 0.5) is 23.7 Å². The Morgan fingerprint density at radius 1 is 1.42 bits per heavy atom. The van der Waals surface area contributed by atoms with Crippen molar-refractivity contribution in [2.75, 3.05) is 11.9 Å². The molecule has 2 aromatic rings. The molecule has 0 aliphatic rings. The quantitative estimate of drug-likeness (QED) is 0.880. The van der Waals surface area contributed by atoms with Crippen LogP contribution in [0, 0.1) is 0 Å². The molecule has 0 fully saturated rings. The number of benzene rings is 1. The molecule has 9 heteroatoms. The number of amides is 1. The fraction of sp³-hybridized carbons (Fsp3) is 0.200. The van der Waals surface area contributed by atoms with Crippen molar-refractivity contribution in [3.8, 4) is 0 Å². The number of aromatic amines is 1. The van der Waals surface area contributed by atoms with Crippen LogP contribution < -0.4 is 11.1 Å². The van der Waals surface area contributed by atoms with Crippen LogP contribution in [0.1, 0.15) is 0 Å². The van der Waals surface area contributed by atoms with Crippen molar-refractivity contribution in [2.24, 2.45) is 0 Å². The Balaban J connectivity index is 2.04. The number of hydrogen-bond donors (Lipinski definition) is 2. The highest BCUT2D eigenvalue weighted by Gasteiger charge is 2.29. The maximum Gasteiger partial charge on any atom is 0.422 e. The highest BCUT2D eigenvalue weighted by molar-refractivity contribution is 5.88. The maximum atomic E-state index is 11.8. The van der Waals surface area contributed by atoms with Crippen LogP contribution >= 0.6 is 0 Å². The van der Waals surface area contributed by atoms with Gasteiger partial charge in [0.1, 0.15) is 0 Å². The summed E-state index contributed by atoms with van der Waals surface area (Å²) < 4.78 is 44.1. The summed E-state index contributed by atoms with van der Waals surface area (Å²) in [5.41, 5.74) is 0.731. The average Bonchev–Trinajstić information content (AvgIpc) is 2.65. The van der Waals surface area contributed by atoms with Crippen molar-refractivity contribution in [1.82, 2.24) is 4.98 Å². The summed E-state index contributed by atoms with van der Waals surface area (Å²) >= 11 is 0. The second-order valence-electron chi connectivity index (χ2n) is 3.54. The number of halogens is 3. The number of carbonyl (C=O) groups excluding carboxylic acids is 1. The molecule has 1 heterocycles. The first-order valence-corrected chi connectivity index (χ1v) is 4.97. The smallest absolute Gasteiger partial charge is 0.422 e. The molecule has 102 valence electrons. The molecule has 1 aromatic heterocycles. The van der Waals surface area contributed by atoms with Crippen LogP contribution in [-0.4, -0.2) is 23.9 Å². The van der Waals surface area contributed by atoms with E-state index in [4.69, 9.17) is 4.42 Å². The lowest BCUT2D eigenvalue weighted by Gasteiger charge is -2.08. The van der Waals surface area contributed by atoms with E-state index in [1.807, 2.05) is 0 Å². The zero-order chi connectivity index (χ0) is 14.0. The van der Waals surface area contributed by atoms with E-state index in [9.17, 15) is 22.8 Å². The van der Waals surface area contributed by atoms with Gasteiger partial charge in [0, 0.05) is 5.69 Å². The van der Waals surface area contributed by atoms with Gasteiger partial charge in [0.05, 0.1) is 5.52 Å². The number of oxazole rings is 1. The fourth-order valence-electron chi connectivity index (χ4n) is 1.33. The van der Waals surface area contributed by atoms with E-state index < -0.39 is 24.6 Å². The van der Waals surface area contributed by atoms with Gasteiger partial charge in [-0.1, -0.05) is 0 Å². The molecule has 6 nitrogen and oxygen atoms in total. The maximum absolute atomic E-state index is 11.8. The van der Waals surface area contributed by atoms with Gasteiger partial charge >= 0.3 is 18.0 Å². The molecular formula is C10H7F3N2O4. The van der Waals surface area contributed by atoms with Crippen LogP contribution in [0.5, 0.6) is 0 Å². The van der Waals surface area contributed by atoms with E-state index in [2.05, 4.69) is 15.0 Å². The predicted molar refractivity (Wildman–Crippen MR) is 57.9 cm³/mol. The number of carbonyl (C=O) groups is 1. The minimum Gasteiger partial charge on any atom is -0.440 e. The normalized spacial score (nSPS) is 11.5. The topological polar surface area (TPSA) is 84.3 Å². The molecule has 2 rings (SSSR count). The van der Waals surface area contributed by atoms with Crippen LogP contribution in [-0.2, 0) is 4.74 Å². The number of nitrogens with one attached hydrogen (secondary N) is 2. The summed E-state index contributed by atoms with van der Waals surface area (Å²) in [5, 5.41) is 2.09. The standard InChI is InChI=1S/C10H7F3N2O4/c11-10(12,13)4-18-8(16)14-5-1-2-7-6(3-5)15-9(17)19-7/h1-3H,4H2,(H,14,16)(H,15,17). The van der Waals surface area contributed by atoms with E-state index in [1.54, 1.807) is 0 Å². The summed E-state index contributed by atoms with van der Waals surface area (Å²) in [4.78, 5) is 24.3. The lowest BCUT2D eigenvalue weighted by molar-refractivity contribution is -0.159. The van der Waals surface area contributed by atoms with E-state index in [1.165, 1.54) is 18.2 Å². The molecule has 2 N–H and O–H groups in total. The Kier molecular flexibility index (Phi) is 3.19. The SMILES string of the molecule is O=C(Nc1ccc2oc(=O)[nH]c2c1)OCC(F)(F)F. The summed E-state index contributed by atoms with van der Waals surface area (Å²) in [6.45, 7) is -1.68. The zero-order valence-corrected chi connectivity index (χ0v) is 9.21. The number of H-pyrrole nitrogens is 1. The Morgan fingerprint density at radius 2 is 2.16 bits per heavy atom. The van der Waals surface area contributed by atoms with Crippen LogP contribution in [0.3, 0.4) is 0 Å². The zero-order valence-electron chi connectivity index (χ0n) is 9.21. The number of anilines is 1. The molecule has 1 amide bonds. The molecule has 0 unspecified atom stereocenters. The highest BCUT2D eigenvalue weighted by atomic mass is 19.4. The van der Waals surface area contributed by atoms with Gasteiger partial charge < -0.3 is 9.15 Å². The lowest BCUT2D eigenvalue weighted by atomic mass is 10.3. The van der Waals surface area contributed by atoms with Gasteiger partial charge in [-0.25, -0.2) is 9.59 Å². The van der Waals surface area contributed by atoms with Crippen LogP contribution in [0.25, 0.3) is 11.1 Å². The van der Waals surface area contributed by atoms with Gasteiger partial charge in [0.15, 0.2) is 12.2 Å². The van der Waals surface area contributed by atoms with E-state index >= 15 is 0 Å². The summed E-state index contributed by atoms with van der Waals surface area (Å²) in [7, 11) is 0.